The summed E-state index contributed by atoms with van der Waals surface area (Å²) in [7, 11) is 0. The molecule has 0 N–H and O–H groups in total. The Morgan fingerprint density at radius 3 is 1.65 bits per heavy atom. The molecule has 0 aliphatic heterocycles. The van der Waals surface area contributed by atoms with Gasteiger partial charge in [0, 0.05) is 0 Å². The quantitative estimate of drug-likeness (QED) is 0.438. The van der Waals surface area contributed by atoms with Crippen LogP contribution in [0.25, 0.3) is 0 Å². The number of hydrogen-bond donors (Lipinski definition) is 0. The summed E-state index contributed by atoms with van der Waals surface area (Å²) in [5, 5.41) is 42.7. The molecule has 13 heteroatoms. The lowest BCUT2D eigenvalue weighted by atomic mass is 10.1. The minimum atomic E-state index is -2.59. The fourth-order valence-electron chi connectivity index (χ4n) is 1.38. The van der Waals surface area contributed by atoms with Crippen LogP contribution in [0.5, 0.6) is 0 Å². The maximum atomic E-state index is 10.8. The molecule has 0 heterocycles. The molecule has 1 aromatic rings. The summed E-state index contributed by atoms with van der Waals surface area (Å²) >= 11 is 2.69. The van der Waals surface area contributed by atoms with Gasteiger partial charge in [-0.25, -0.2) is 0 Å². The van der Waals surface area contributed by atoms with E-state index in [0.717, 1.165) is 0 Å². The minimum Gasteiger partial charge on any atom is -0.258 e. The van der Waals surface area contributed by atoms with E-state index in [4.69, 9.17) is 0 Å². The van der Waals surface area contributed by atoms with Crippen molar-refractivity contribution in [2.45, 2.75) is 6.17 Å². The van der Waals surface area contributed by atoms with Crippen LogP contribution in [0.15, 0.2) is 16.6 Å². The molecular weight excluding hydrogens is 348 g/mol. The Hall–Kier alpha value is -2.70. The molecule has 0 spiro atoms. The number of nitrogens with zero attached hydrogens (tertiary/aromatic N) is 4. The molecular formula is C7H3BrN4O8. The van der Waals surface area contributed by atoms with Gasteiger partial charge in [-0.2, -0.15) is 0 Å². The first-order chi connectivity index (χ1) is 9.16. The second-order valence-corrected chi connectivity index (χ2v) is 4.18. The molecule has 1 aromatic carbocycles. The topological polar surface area (TPSA) is 173 Å². The molecule has 0 saturated heterocycles. The molecule has 106 valence electrons. The summed E-state index contributed by atoms with van der Waals surface area (Å²) in [4.78, 5) is 37.9. The van der Waals surface area contributed by atoms with Crippen molar-refractivity contribution in [2.75, 3.05) is 0 Å². The molecule has 0 aliphatic carbocycles. The highest BCUT2D eigenvalue weighted by atomic mass is 79.9. The van der Waals surface area contributed by atoms with Crippen molar-refractivity contribution in [1.29, 1.82) is 0 Å². The van der Waals surface area contributed by atoms with Gasteiger partial charge in [0.05, 0.1) is 20.4 Å². The lowest BCUT2D eigenvalue weighted by molar-refractivity contribution is -0.753. The first-order valence-corrected chi connectivity index (χ1v) is 5.35. The van der Waals surface area contributed by atoms with Gasteiger partial charge < -0.3 is 0 Å². The van der Waals surface area contributed by atoms with E-state index < -0.39 is 42.8 Å². The summed E-state index contributed by atoms with van der Waals surface area (Å²) in [5.41, 5.74) is -2.66. The summed E-state index contributed by atoms with van der Waals surface area (Å²) < 4.78 is -0.336. The van der Waals surface area contributed by atoms with Crippen molar-refractivity contribution in [2.24, 2.45) is 0 Å². The Bertz CT molecular complexity index is 617. The van der Waals surface area contributed by atoms with E-state index in [0.29, 0.717) is 12.1 Å². The van der Waals surface area contributed by atoms with Crippen molar-refractivity contribution in [3.63, 3.8) is 0 Å². The molecule has 0 bridgehead atoms. The maximum absolute atomic E-state index is 10.8. The molecule has 0 saturated carbocycles. The van der Waals surface area contributed by atoms with Gasteiger partial charge >= 0.3 is 6.17 Å². The first kappa shape index (κ1) is 15.4. The predicted molar refractivity (Wildman–Crippen MR) is 64.2 cm³/mol. The van der Waals surface area contributed by atoms with Gasteiger partial charge in [-0.1, -0.05) is 0 Å². The Labute approximate surface area is 116 Å². The maximum Gasteiger partial charge on any atom is 0.483 e. The highest BCUT2D eigenvalue weighted by molar-refractivity contribution is 9.10. The van der Waals surface area contributed by atoms with Crippen LogP contribution in [0, 0.1) is 40.5 Å². The molecule has 1 rings (SSSR count). The first-order valence-electron chi connectivity index (χ1n) is 4.56. The number of nitro benzene ring substituents is 2. The van der Waals surface area contributed by atoms with E-state index in [9.17, 15) is 40.5 Å². The van der Waals surface area contributed by atoms with Crippen LogP contribution in [0.1, 0.15) is 11.7 Å². The Morgan fingerprint density at radius 1 is 0.850 bits per heavy atom. The van der Waals surface area contributed by atoms with Crippen molar-refractivity contribution in [1.82, 2.24) is 0 Å². The number of nitro groups is 4. The fraction of sp³-hybridized carbons (Fsp3) is 0.143. The zero-order valence-electron chi connectivity index (χ0n) is 9.16. The van der Waals surface area contributed by atoms with Gasteiger partial charge in [-0.05, 0) is 22.0 Å². The van der Waals surface area contributed by atoms with Crippen molar-refractivity contribution >= 4 is 27.3 Å². The van der Waals surface area contributed by atoms with E-state index in [1.54, 1.807) is 0 Å². The number of hydrogen-bond acceptors (Lipinski definition) is 8. The van der Waals surface area contributed by atoms with Crippen LogP contribution in [0.2, 0.25) is 0 Å². The average molecular weight is 351 g/mol. The lowest BCUT2D eigenvalue weighted by Gasteiger charge is -2.04. The van der Waals surface area contributed by atoms with E-state index >= 15 is 0 Å². The Morgan fingerprint density at radius 2 is 1.30 bits per heavy atom. The van der Waals surface area contributed by atoms with Crippen LogP contribution < -0.4 is 0 Å². The van der Waals surface area contributed by atoms with E-state index in [1.807, 2.05) is 0 Å². The molecule has 0 unspecified atom stereocenters. The van der Waals surface area contributed by atoms with Crippen molar-refractivity contribution in [3.05, 3.63) is 62.6 Å². The van der Waals surface area contributed by atoms with Gasteiger partial charge in [0.25, 0.3) is 11.4 Å². The highest BCUT2D eigenvalue weighted by Gasteiger charge is 2.42. The summed E-state index contributed by atoms with van der Waals surface area (Å²) in [6, 6.07) is 1.06. The summed E-state index contributed by atoms with van der Waals surface area (Å²) in [5.74, 6) is 0. The predicted octanol–water partition coefficient (Wildman–Crippen LogP) is 1.82. The molecule has 0 amide bonds. The van der Waals surface area contributed by atoms with Crippen molar-refractivity contribution in [3.8, 4) is 0 Å². The third kappa shape index (κ3) is 2.82. The van der Waals surface area contributed by atoms with E-state index in [-0.39, 0.29) is 4.47 Å². The normalized spacial score (nSPS) is 10.3. The Balaban J connectivity index is 3.65. The molecule has 0 fully saturated rings. The molecule has 0 radical (unpaired) electrons. The second-order valence-electron chi connectivity index (χ2n) is 3.32. The standard InChI is InChI=1S/C7H3BrN4O8/c8-4-1-3(7(11(17)18)12(19)20)5(9(13)14)2-6(4)10(15)16/h1-2,7H. The molecule has 12 nitrogen and oxygen atoms in total. The van der Waals surface area contributed by atoms with E-state index in [1.165, 1.54) is 0 Å². The zero-order chi connectivity index (χ0) is 15.6. The number of halogens is 1. The van der Waals surface area contributed by atoms with Crippen LogP contribution in [0.4, 0.5) is 11.4 Å². The highest BCUT2D eigenvalue weighted by Crippen LogP contribution is 2.36. The lowest BCUT2D eigenvalue weighted by Crippen LogP contribution is -2.21. The second kappa shape index (κ2) is 5.52. The summed E-state index contributed by atoms with van der Waals surface area (Å²) in [6.45, 7) is 0. The fourth-order valence-corrected chi connectivity index (χ4v) is 1.88. The van der Waals surface area contributed by atoms with Gasteiger partial charge in [0.1, 0.15) is 9.85 Å². The molecule has 0 aromatic heterocycles. The SMILES string of the molecule is O=[N+]([O-])c1cc([N+](=O)[O-])c(C([N+](=O)[O-])[N+](=O)[O-])cc1Br. The molecule has 0 aliphatic rings. The Kier molecular flexibility index (Phi) is 4.24. The van der Waals surface area contributed by atoms with Gasteiger partial charge in [0.15, 0.2) is 5.56 Å². The minimum absolute atomic E-state index is 0.336. The molecule has 20 heavy (non-hydrogen) atoms. The zero-order valence-corrected chi connectivity index (χ0v) is 10.8. The van der Waals surface area contributed by atoms with Crippen LogP contribution in [0.3, 0.4) is 0 Å². The largest absolute Gasteiger partial charge is 0.483 e. The average Bonchev–Trinajstić information content (AvgIpc) is 2.26. The van der Waals surface area contributed by atoms with Crippen LogP contribution in [-0.2, 0) is 0 Å². The van der Waals surface area contributed by atoms with Gasteiger partial charge in [-0.3, -0.25) is 40.5 Å². The van der Waals surface area contributed by atoms with Crippen molar-refractivity contribution < 1.29 is 19.7 Å². The van der Waals surface area contributed by atoms with Gasteiger partial charge in [0.2, 0.25) is 0 Å². The van der Waals surface area contributed by atoms with Gasteiger partial charge in [-0.15, -0.1) is 0 Å². The van der Waals surface area contributed by atoms with Crippen LogP contribution in [-0.4, -0.2) is 19.7 Å². The monoisotopic (exact) mass is 350 g/mol. The van der Waals surface area contributed by atoms with E-state index in [2.05, 4.69) is 15.9 Å². The summed E-state index contributed by atoms with van der Waals surface area (Å²) in [6.07, 6.45) is -2.59. The number of benzene rings is 1. The molecule has 0 atom stereocenters. The number of rotatable bonds is 5. The van der Waals surface area contributed by atoms with Crippen LogP contribution >= 0.6 is 15.9 Å². The third-order valence-corrected chi connectivity index (χ3v) is 2.80. The smallest absolute Gasteiger partial charge is 0.258 e. The third-order valence-electron chi connectivity index (χ3n) is 2.17.